The molecule has 1 rings (SSSR count). The Bertz CT molecular complexity index is 257. The minimum Gasteiger partial charge on any atom is -0.341 e. The molecule has 1 aromatic heterocycles. The van der Waals surface area contributed by atoms with Crippen LogP contribution in [0.15, 0.2) is 12.4 Å². The molecule has 0 aliphatic rings. The van der Waals surface area contributed by atoms with Crippen LogP contribution in [0.5, 0.6) is 0 Å². The molecule has 0 spiro atoms. The van der Waals surface area contributed by atoms with Crippen LogP contribution < -0.4 is 10.6 Å². The van der Waals surface area contributed by atoms with Gasteiger partial charge in [-0.2, -0.15) is 0 Å². The SMILES string of the molecule is CCN(CCCN)c1ncc(C)cn1. The van der Waals surface area contributed by atoms with Crippen LogP contribution in [0.4, 0.5) is 5.95 Å². The summed E-state index contributed by atoms with van der Waals surface area (Å²) < 4.78 is 0. The van der Waals surface area contributed by atoms with Crippen molar-refractivity contribution in [3.63, 3.8) is 0 Å². The van der Waals surface area contributed by atoms with Crippen molar-refractivity contribution in [2.24, 2.45) is 5.73 Å². The van der Waals surface area contributed by atoms with Gasteiger partial charge in [-0.05, 0) is 32.4 Å². The Morgan fingerprint density at radius 2 is 2.00 bits per heavy atom. The van der Waals surface area contributed by atoms with Crippen LogP contribution in [0.1, 0.15) is 18.9 Å². The number of anilines is 1. The smallest absolute Gasteiger partial charge is 0.225 e. The molecular formula is C10H18N4. The summed E-state index contributed by atoms with van der Waals surface area (Å²) in [6.45, 7) is 6.64. The highest BCUT2D eigenvalue weighted by Gasteiger charge is 2.05. The van der Waals surface area contributed by atoms with Gasteiger partial charge < -0.3 is 10.6 Å². The lowest BCUT2D eigenvalue weighted by atomic mass is 10.4. The van der Waals surface area contributed by atoms with Crippen LogP contribution in [-0.2, 0) is 0 Å². The van der Waals surface area contributed by atoms with Crippen LogP contribution in [0.2, 0.25) is 0 Å². The van der Waals surface area contributed by atoms with Crippen molar-refractivity contribution in [3.8, 4) is 0 Å². The first kappa shape index (κ1) is 10.9. The van der Waals surface area contributed by atoms with E-state index in [-0.39, 0.29) is 0 Å². The zero-order valence-corrected chi connectivity index (χ0v) is 8.90. The monoisotopic (exact) mass is 194 g/mol. The number of aromatic nitrogens is 2. The van der Waals surface area contributed by atoms with Gasteiger partial charge in [-0.3, -0.25) is 0 Å². The van der Waals surface area contributed by atoms with Crippen LogP contribution in [0.3, 0.4) is 0 Å². The maximum absolute atomic E-state index is 5.47. The van der Waals surface area contributed by atoms with Crippen LogP contribution in [0.25, 0.3) is 0 Å². The Kier molecular flexibility index (Phi) is 4.32. The molecule has 0 bridgehead atoms. The molecule has 78 valence electrons. The molecule has 0 aliphatic heterocycles. The average molecular weight is 194 g/mol. The van der Waals surface area contributed by atoms with Crippen molar-refractivity contribution in [2.75, 3.05) is 24.5 Å². The second kappa shape index (κ2) is 5.54. The van der Waals surface area contributed by atoms with Crippen LogP contribution in [-0.4, -0.2) is 29.6 Å². The summed E-state index contributed by atoms with van der Waals surface area (Å²) in [6, 6.07) is 0. The van der Waals surface area contributed by atoms with E-state index in [1.54, 1.807) is 0 Å². The quantitative estimate of drug-likeness (QED) is 0.758. The number of rotatable bonds is 5. The van der Waals surface area contributed by atoms with Crippen molar-refractivity contribution in [3.05, 3.63) is 18.0 Å². The van der Waals surface area contributed by atoms with E-state index in [0.717, 1.165) is 31.0 Å². The summed E-state index contributed by atoms with van der Waals surface area (Å²) in [4.78, 5) is 10.7. The third kappa shape index (κ3) is 2.96. The Morgan fingerprint density at radius 3 is 2.50 bits per heavy atom. The summed E-state index contributed by atoms with van der Waals surface area (Å²) in [5.41, 5.74) is 6.55. The minimum absolute atomic E-state index is 0.711. The molecule has 0 radical (unpaired) electrons. The fourth-order valence-electron chi connectivity index (χ4n) is 1.23. The lowest BCUT2D eigenvalue weighted by Crippen LogP contribution is -2.27. The zero-order chi connectivity index (χ0) is 10.4. The van der Waals surface area contributed by atoms with E-state index >= 15 is 0 Å². The predicted octanol–water partition coefficient (Wildman–Crippen LogP) is 0.960. The Labute approximate surface area is 85.2 Å². The van der Waals surface area contributed by atoms with Gasteiger partial charge in [-0.15, -0.1) is 0 Å². The van der Waals surface area contributed by atoms with Gasteiger partial charge in [-0.25, -0.2) is 9.97 Å². The third-order valence-corrected chi connectivity index (χ3v) is 2.06. The summed E-state index contributed by atoms with van der Waals surface area (Å²) >= 11 is 0. The van der Waals surface area contributed by atoms with Crippen molar-refractivity contribution in [1.82, 2.24) is 9.97 Å². The largest absolute Gasteiger partial charge is 0.341 e. The molecule has 14 heavy (non-hydrogen) atoms. The van der Waals surface area contributed by atoms with Gasteiger partial charge in [0.1, 0.15) is 0 Å². The first-order chi connectivity index (χ1) is 6.77. The fourth-order valence-corrected chi connectivity index (χ4v) is 1.23. The molecule has 0 saturated carbocycles. The van der Waals surface area contributed by atoms with Crippen molar-refractivity contribution >= 4 is 5.95 Å². The normalized spacial score (nSPS) is 10.2. The molecule has 0 saturated heterocycles. The third-order valence-electron chi connectivity index (χ3n) is 2.06. The molecule has 1 aromatic rings. The molecule has 0 fully saturated rings. The van der Waals surface area contributed by atoms with Crippen LogP contribution in [0, 0.1) is 6.92 Å². The lowest BCUT2D eigenvalue weighted by Gasteiger charge is -2.19. The number of nitrogens with zero attached hydrogens (tertiary/aromatic N) is 3. The van der Waals surface area contributed by atoms with E-state index in [2.05, 4.69) is 21.8 Å². The highest BCUT2D eigenvalue weighted by molar-refractivity contribution is 5.28. The molecule has 0 amide bonds. The molecule has 4 heteroatoms. The Balaban J connectivity index is 2.64. The average Bonchev–Trinajstić information content (AvgIpc) is 2.21. The van der Waals surface area contributed by atoms with Gasteiger partial charge in [0.2, 0.25) is 5.95 Å². The van der Waals surface area contributed by atoms with Gasteiger partial charge >= 0.3 is 0 Å². The van der Waals surface area contributed by atoms with Gasteiger partial charge in [-0.1, -0.05) is 0 Å². The topological polar surface area (TPSA) is 55.0 Å². The van der Waals surface area contributed by atoms with Crippen molar-refractivity contribution in [1.29, 1.82) is 0 Å². The number of hydrogen-bond donors (Lipinski definition) is 1. The van der Waals surface area contributed by atoms with Gasteiger partial charge in [0.25, 0.3) is 0 Å². The van der Waals surface area contributed by atoms with E-state index in [0.29, 0.717) is 6.54 Å². The summed E-state index contributed by atoms with van der Waals surface area (Å²) in [5, 5.41) is 0. The van der Waals surface area contributed by atoms with Gasteiger partial charge in [0, 0.05) is 25.5 Å². The molecule has 4 nitrogen and oxygen atoms in total. The zero-order valence-electron chi connectivity index (χ0n) is 8.90. The van der Waals surface area contributed by atoms with Crippen LogP contribution >= 0.6 is 0 Å². The summed E-state index contributed by atoms with van der Waals surface area (Å²) in [5.74, 6) is 0.798. The molecule has 1 heterocycles. The number of nitrogens with two attached hydrogens (primary N) is 1. The molecule has 0 unspecified atom stereocenters. The minimum atomic E-state index is 0.711. The standard InChI is InChI=1S/C10H18N4/c1-3-14(6-4-5-11)10-12-7-9(2)8-13-10/h7-8H,3-6,11H2,1-2H3. The second-order valence-electron chi connectivity index (χ2n) is 3.28. The first-order valence-corrected chi connectivity index (χ1v) is 5.01. The Hall–Kier alpha value is -1.16. The van der Waals surface area contributed by atoms with E-state index in [1.807, 2.05) is 19.3 Å². The maximum atomic E-state index is 5.47. The van der Waals surface area contributed by atoms with Gasteiger partial charge in [0.05, 0.1) is 0 Å². The van der Waals surface area contributed by atoms with E-state index in [4.69, 9.17) is 5.73 Å². The molecule has 0 aliphatic carbocycles. The highest BCUT2D eigenvalue weighted by Crippen LogP contribution is 2.06. The molecule has 2 N–H and O–H groups in total. The van der Waals surface area contributed by atoms with E-state index in [9.17, 15) is 0 Å². The van der Waals surface area contributed by atoms with Gasteiger partial charge in [0.15, 0.2) is 0 Å². The summed E-state index contributed by atoms with van der Waals surface area (Å²) in [6.07, 6.45) is 4.66. The van der Waals surface area contributed by atoms with Crippen molar-refractivity contribution in [2.45, 2.75) is 20.3 Å². The fraction of sp³-hybridized carbons (Fsp3) is 0.600. The Morgan fingerprint density at radius 1 is 1.36 bits per heavy atom. The summed E-state index contributed by atoms with van der Waals surface area (Å²) in [7, 11) is 0. The number of hydrogen-bond acceptors (Lipinski definition) is 4. The first-order valence-electron chi connectivity index (χ1n) is 5.01. The predicted molar refractivity (Wildman–Crippen MR) is 58.3 cm³/mol. The molecule has 0 atom stereocenters. The highest BCUT2D eigenvalue weighted by atomic mass is 15.2. The lowest BCUT2D eigenvalue weighted by molar-refractivity contribution is 0.732. The van der Waals surface area contributed by atoms with E-state index < -0.39 is 0 Å². The number of aryl methyl sites for hydroxylation is 1. The molecule has 0 aromatic carbocycles. The second-order valence-corrected chi connectivity index (χ2v) is 3.28. The van der Waals surface area contributed by atoms with Crippen molar-refractivity contribution < 1.29 is 0 Å². The molecular weight excluding hydrogens is 176 g/mol. The van der Waals surface area contributed by atoms with E-state index in [1.165, 1.54) is 0 Å². The maximum Gasteiger partial charge on any atom is 0.225 e.